The average molecular weight is 207 g/mol. The minimum atomic E-state index is -1.20. The van der Waals surface area contributed by atoms with E-state index in [9.17, 15) is 10.2 Å². The second-order valence-electron chi connectivity index (χ2n) is 4.94. The van der Waals surface area contributed by atoms with E-state index in [2.05, 4.69) is 5.32 Å². The molecule has 0 aliphatic carbocycles. The Balaban J connectivity index is 2.59. The molecule has 3 heteroatoms. The first-order chi connectivity index (χ1) is 6.86. The first-order valence-electron chi connectivity index (χ1n) is 5.14. The van der Waals surface area contributed by atoms with Crippen molar-refractivity contribution in [1.82, 2.24) is 0 Å². The molecule has 0 fully saturated rings. The van der Waals surface area contributed by atoms with E-state index in [0.29, 0.717) is 0 Å². The van der Waals surface area contributed by atoms with Crippen LogP contribution in [0.3, 0.4) is 0 Å². The summed E-state index contributed by atoms with van der Waals surface area (Å²) in [4.78, 5) is 0. The first-order valence-corrected chi connectivity index (χ1v) is 5.14. The van der Waals surface area contributed by atoms with Gasteiger partial charge < -0.3 is 15.5 Å². The van der Waals surface area contributed by atoms with Gasteiger partial charge in [-0.05, 0) is 26.8 Å². The van der Waals surface area contributed by atoms with Crippen LogP contribution in [0.2, 0.25) is 0 Å². The van der Waals surface area contributed by atoms with E-state index in [1.807, 2.05) is 38.1 Å². The third-order valence-corrected chi connectivity index (χ3v) is 3.15. The fourth-order valence-electron chi connectivity index (χ4n) is 2.30. The number of fused-ring (bicyclic) bond motifs is 1. The second kappa shape index (κ2) is 2.97. The van der Waals surface area contributed by atoms with Crippen molar-refractivity contribution in [2.24, 2.45) is 0 Å². The van der Waals surface area contributed by atoms with Crippen LogP contribution in [0.5, 0.6) is 0 Å². The van der Waals surface area contributed by atoms with Crippen LogP contribution in [-0.2, 0) is 5.60 Å². The van der Waals surface area contributed by atoms with E-state index >= 15 is 0 Å². The van der Waals surface area contributed by atoms with Crippen molar-refractivity contribution in [3.8, 4) is 0 Å². The maximum absolute atomic E-state index is 10.3. The zero-order valence-corrected chi connectivity index (χ0v) is 9.28. The molecule has 0 radical (unpaired) electrons. The molecule has 2 atom stereocenters. The monoisotopic (exact) mass is 207 g/mol. The van der Waals surface area contributed by atoms with Gasteiger partial charge in [0.25, 0.3) is 0 Å². The predicted octanol–water partition coefficient (Wildman–Crippen LogP) is 1.46. The van der Waals surface area contributed by atoms with Crippen molar-refractivity contribution in [2.75, 3.05) is 5.32 Å². The summed E-state index contributed by atoms with van der Waals surface area (Å²) in [5, 5.41) is 23.7. The van der Waals surface area contributed by atoms with Crippen LogP contribution in [0, 0.1) is 0 Å². The SMILES string of the molecule is CC1(C)Nc2ccccc2C(C)(O)C1O. The van der Waals surface area contributed by atoms with E-state index in [4.69, 9.17) is 0 Å². The Morgan fingerprint density at radius 2 is 1.80 bits per heavy atom. The molecule has 0 bridgehead atoms. The Kier molecular flexibility index (Phi) is 2.07. The zero-order valence-electron chi connectivity index (χ0n) is 9.28. The van der Waals surface area contributed by atoms with Crippen molar-refractivity contribution in [2.45, 2.75) is 38.0 Å². The summed E-state index contributed by atoms with van der Waals surface area (Å²) in [5.41, 5.74) is -0.0990. The minimum absolute atomic E-state index is 0.530. The minimum Gasteiger partial charge on any atom is -0.387 e. The van der Waals surface area contributed by atoms with Gasteiger partial charge in [-0.15, -0.1) is 0 Å². The summed E-state index contributed by atoms with van der Waals surface area (Å²) < 4.78 is 0. The molecule has 1 aromatic rings. The van der Waals surface area contributed by atoms with Crippen molar-refractivity contribution >= 4 is 5.69 Å². The van der Waals surface area contributed by atoms with E-state index < -0.39 is 17.2 Å². The van der Waals surface area contributed by atoms with Crippen molar-refractivity contribution < 1.29 is 10.2 Å². The topological polar surface area (TPSA) is 52.5 Å². The lowest BCUT2D eigenvalue weighted by Crippen LogP contribution is -2.58. The van der Waals surface area contributed by atoms with E-state index in [1.54, 1.807) is 6.92 Å². The van der Waals surface area contributed by atoms with E-state index in [-0.39, 0.29) is 0 Å². The molecule has 82 valence electrons. The number of aliphatic hydroxyl groups excluding tert-OH is 1. The summed E-state index contributed by atoms with van der Waals surface area (Å²) in [6, 6.07) is 7.52. The van der Waals surface area contributed by atoms with Crippen LogP contribution < -0.4 is 5.32 Å². The third kappa shape index (κ3) is 1.43. The van der Waals surface area contributed by atoms with Gasteiger partial charge in [0.2, 0.25) is 0 Å². The smallest absolute Gasteiger partial charge is 0.117 e. The molecule has 0 spiro atoms. The maximum atomic E-state index is 10.3. The number of aliphatic hydroxyl groups is 2. The number of rotatable bonds is 0. The van der Waals surface area contributed by atoms with E-state index in [0.717, 1.165) is 11.3 Å². The highest BCUT2D eigenvalue weighted by Gasteiger charge is 2.47. The van der Waals surface area contributed by atoms with Gasteiger partial charge in [-0.25, -0.2) is 0 Å². The van der Waals surface area contributed by atoms with Gasteiger partial charge in [0.05, 0.1) is 5.54 Å². The largest absolute Gasteiger partial charge is 0.387 e. The average Bonchev–Trinajstić information content (AvgIpc) is 2.15. The fourth-order valence-corrected chi connectivity index (χ4v) is 2.30. The summed E-state index contributed by atoms with van der Waals surface area (Å²) in [6.45, 7) is 5.41. The molecule has 2 unspecified atom stereocenters. The number of nitrogens with one attached hydrogen (secondary N) is 1. The lowest BCUT2D eigenvalue weighted by molar-refractivity contribution is -0.0954. The number of hydrogen-bond acceptors (Lipinski definition) is 3. The van der Waals surface area contributed by atoms with Gasteiger partial charge >= 0.3 is 0 Å². The van der Waals surface area contributed by atoms with Crippen molar-refractivity contribution in [3.63, 3.8) is 0 Å². The van der Waals surface area contributed by atoms with Crippen LogP contribution in [0.4, 0.5) is 5.69 Å². The number of anilines is 1. The molecule has 3 nitrogen and oxygen atoms in total. The maximum Gasteiger partial charge on any atom is 0.117 e. The lowest BCUT2D eigenvalue weighted by Gasteiger charge is -2.46. The molecular formula is C12H17NO2. The van der Waals surface area contributed by atoms with Gasteiger partial charge in [0.1, 0.15) is 11.7 Å². The molecule has 2 rings (SSSR count). The highest BCUT2D eigenvalue weighted by atomic mass is 16.3. The molecular weight excluding hydrogens is 190 g/mol. The Morgan fingerprint density at radius 3 is 2.47 bits per heavy atom. The van der Waals surface area contributed by atoms with Crippen LogP contribution in [0.15, 0.2) is 24.3 Å². The quantitative estimate of drug-likeness (QED) is 0.603. The number of hydrogen-bond donors (Lipinski definition) is 3. The van der Waals surface area contributed by atoms with Gasteiger partial charge in [-0.3, -0.25) is 0 Å². The van der Waals surface area contributed by atoms with Gasteiger partial charge in [-0.2, -0.15) is 0 Å². The second-order valence-corrected chi connectivity index (χ2v) is 4.94. The molecule has 3 N–H and O–H groups in total. The highest BCUT2D eigenvalue weighted by molar-refractivity contribution is 5.58. The van der Waals surface area contributed by atoms with Crippen molar-refractivity contribution in [1.29, 1.82) is 0 Å². The third-order valence-electron chi connectivity index (χ3n) is 3.15. The van der Waals surface area contributed by atoms with Gasteiger partial charge in [0, 0.05) is 11.3 Å². The molecule has 1 heterocycles. The fraction of sp³-hybridized carbons (Fsp3) is 0.500. The molecule has 0 saturated heterocycles. The van der Waals surface area contributed by atoms with Crippen LogP contribution in [-0.4, -0.2) is 21.9 Å². The Bertz CT molecular complexity index is 385. The Hall–Kier alpha value is -1.06. The van der Waals surface area contributed by atoms with Gasteiger partial charge in [-0.1, -0.05) is 18.2 Å². The molecule has 0 saturated carbocycles. The summed E-state index contributed by atoms with van der Waals surface area (Å²) in [7, 11) is 0. The molecule has 1 aromatic carbocycles. The number of para-hydroxylation sites is 1. The first kappa shape index (κ1) is 10.5. The van der Waals surface area contributed by atoms with Crippen LogP contribution >= 0.6 is 0 Å². The molecule has 0 amide bonds. The normalized spacial score (nSPS) is 33.0. The highest BCUT2D eigenvalue weighted by Crippen LogP contribution is 2.41. The Labute approximate surface area is 89.8 Å². The van der Waals surface area contributed by atoms with Crippen LogP contribution in [0.25, 0.3) is 0 Å². The summed E-state index contributed by atoms with van der Waals surface area (Å²) >= 11 is 0. The van der Waals surface area contributed by atoms with Gasteiger partial charge in [0.15, 0.2) is 0 Å². The standard InChI is InChI=1S/C12H17NO2/c1-11(2)10(14)12(3,15)8-6-4-5-7-9(8)13-11/h4-7,10,13-15H,1-3H3. The predicted molar refractivity (Wildman–Crippen MR) is 59.7 cm³/mol. The molecule has 15 heavy (non-hydrogen) atoms. The summed E-state index contributed by atoms with van der Waals surface area (Å²) in [6.07, 6.45) is -0.833. The van der Waals surface area contributed by atoms with Crippen LogP contribution in [0.1, 0.15) is 26.3 Å². The molecule has 1 aliphatic rings. The number of benzene rings is 1. The molecule has 1 aliphatic heterocycles. The zero-order chi connectivity index (χ0) is 11.3. The summed E-state index contributed by atoms with van der Waals surface area (Å²) in [5.74, 6) is 0. The lowest BCUT2D eigenvalue weighted by atomic mass is 9.76. The molecule has 0 aromatic heterocycles. The Morgan fingerprint density at radius 1 is 1.20 bits per heavy atom. The van der Waals surface area contributed by atoms with E-state index in [1.165, 1.54) is 0 Å². The van der Waals surface area contributed by atoms with Crippen molar-refractivity contribution in [3.05, 3.63) is 29.8 Å².